The summed E-state index contributed by atoms with van der Waals surface area (Å²) in [5, 5.41) is 6.38. The van der Waals surface area contributed by atoms with Crippen molar-refractivity contribution in [2.45, 2.75) is 58.7 Å². The van der Waals surface area contributed by atoms with Crippen LogP contribution in [0.1, 0.15) is 45.8 Å². The Morgan fingerprint density at radius 2 is 2.30 bits per heavy atom. The van der Waals surface area contributed by atoms with Gasteiger partial charge < -0.3 is 15.1 Å². The van der Waals surface area contributed by atoms with Gasteiger partial charge in [-0.15, -0.1) is 0 Å². The van der Waals surface area contributed by atoms with Gasteiger partial charge in [0.2, 0.25) is 5.91 Å². The van der Waals surface area contributed by atoms with Gasteiger partial charge in [0.1, 0.15) is 5.76 Å². The average molecular weight is 278 g/mol. The summed E-state index contributed by atoms with van der Waals surface area (Å²) in [5.74, 6) is 2.27. The van der Waals surface area contributed by atoms with E-state index in [9.17, 15) is 4.79 Å². The van der Waals surface area contributed by atoms with E-state index in [1.54, 1.807) is 6.26 Å². The van der Waals surface area contributed by atoms with Gasteiger partial charge >= 0.3 is 0 Å². The number of amides is 1. The van der Waals surface area contributed by atoms with Crippen LogP contribution in [0.4, 0.5) is 0 Å². The van der Waals surface area contributed by atoms with Crippen LogP contribution < -0.4 is 10.6 Å². The smallest absolute Gasteiger partial charge is 0.237 e. The van der Waals surface area contributed by atoms with Gasteiger partial charge in [0.05, 0.1) is 18.8 Å². The van der Waals surface area contributed by atoms with Crippen LogP contribution in [0.15, 0.2) is 22.8 Å². The molecule has 1 aromatic rings. The Morgan fingerprint density at radius 3 is 2.90 bits per heavy atom. The topological polar surface area (TPSA) is 54.3 Å². The molecule has 1 fully saturated rings. The lowest BCUT2D eigenvalue weighted by atomic mass is 9.93. The van der Waals surface area contributed by atoms with Crippen molar-refractivity contribution >= 4 is 5.91 Å². The van der Waals surface area contributed by atoms with E-state index in [1.165, 1.54) is 19.3 Å². The molecule has 0 aromatic carbocycles. The van der Waals surface area contributed by atoms with Crippen LogP contribution in [0, 0.1) is 11.8 Å². The zero-order chi connectivity index (χ0) is 14.5. The highest BCUT2D eigenvalue weighted by Gasteiger charge is 2.32. The molecule has 4 heteroatoms. The molecule has 20 heavy (non-hydrogen) atoms. The van der Waals surface area contributed by atoms with Gasteiger partial charge in [0.25, 0.3) is 0 Å². The fourth-order valence-corrected chi connectivity index (χ4v) is 3.20. The van der Waals surface area contributed by atoms with Crippen molar-refractivity contribution in [2.75, 3.05) is 0 Å². The van der Waals surface area contributed by atoms with E-state index in [1.807, 2.05) is 19.1 Å². The Labute approximate surface area is 121 Å². The summed E-state index contributed by atoms with van der Waals surface area (Å²) in [4.78, 5) is 12.1. The van der Waals surface area contributed by atoms with Crippen molar-refractivity contribution in [3.8, 4) is 0 Å². The first-order valence-corrected chi connectivity index (χ1v) is 7.68. The van der Waals surface area contributed by atoms with Gasteiger partial charge in [-0.3, -0.25) is 4.79 Å². The van der Waals surface area contributed by atoms with E-state index in [0.717, 1.165) is 11.7 Å². The average Bonchev–Trinajstić information content (AvgIpc) is 3.07. The van der Waals surface area contributed by atoms with Crippen molar-refractivity contribution in [3.63, 3.8) is 0 Å². The third-order valence-corrected chi connectivity index (χ3v) is 4.63. The molecule has 0 aliphatic heterocycles. The van der Waals surface area contributed by atoms with Crippen LogP contribution in [-0.2, 0) is 11.3 Å². The molecule has 1 amide bonds. The lowest BCUT2D eigenvalue weighted by Crippen LogP contribution is -2.47. The van der Waals surface area contributed by atoms with Gasteiger partial charge in [0, 0.05) is 6.04 Å². The van der Waals surface area contributed by atoms with Crippen LogP contribution in [0.2, 0.25) is 0 Å². The second-order valence-electron chi connectivity index (χ2n) is 5.90. The third-order valence-electron chi connectivity index (χ3n) is 4.63. The number of hydrogen-bond acceptors (Lipinski definition) is 3. The third kappa shape index (κ3) is 3.63. The Morgan fingerprint density at radius 1 is 1.50 bits per heavy atom. The summed E-state index contributed by atoms with van der Waals surface area (Å²) >= 11 is 0. The predicted octanol–water partition coefficient (Wildman–Crippen LogP) is 2.70. The zero-order valence-corrected chi connectivity index (χ0v) is 12.7. The van der Waals surface area contributed by atoms with E-state index >= 15 is 0 Å². The highest BCUT2D eigenvalue weighted by Crippen LogP contribution is 2.34. The highest BCUT2D eigenvalue weighted by atomic mass is 16.3. The second kappa shape index (κ2) is 6.93. The maximum atomic E-state index is 12.1. The van der Waals surface area contributed by atoms with E-state index in [0.29, 0.717) is 18.5 Å². The normalized spacial score (nSPS) is 27.4. The van der Waals surface area contributed by atoms with Crippen molar-refractivity contribution in [1.82, 2.24) is 10.6 Å². The van der Waals surface area contributed by atoms with Crippen molar-refractivity contribution in [1.29, 1.82) is 0 Å². The highest BCUT2D eigenvalue weighted by molar-refractivity contribution is 5.81. The predicted molar refractivity (Wildman–Crippen MR) is 79.1 cm³/mol. The Hall–Kier alpha value is -1.29. The molecule has 1 aliphatic rings. The maximum Gasteiger partial charge on any atom is 0.237 e. The van der Waals surface area contributed by atoms with Crippen molar-refractivity contribution in [3.05, 3.63) is 24.2 Å². The molecule has 0 spiro atoms. The fraction of sp³-hybridized carbons (Fsp3) is 0.688. The first-order chi connectivity index (χ1) is 9.61. The molecule has 1 aromatic heterocycles. The minimum absolute atomic E-state index is 0.0357. The van der Waals surface area contributed by atoms with Crippen LogP contribution in [-0.4, -0.2) is 18.0 Å². The molecule has 4 atom stereocenters. The van der Waals surface area contributed by atoms with Gasteiger partial charge in [-0.25, -0.2) is 0 Å². The van der Waals surface area contributed by atoms with Crippen molar-refractivity contribution in [2.24, 2.45) is 11.8 Å². The first-order valence-electron chi connectivity index (χ1n) is 7.68. The second-order valence-corrected chi connectivity index (χ2v) is 5.90. The summed E-state index contributed by atoms with van der Waals surface area (Å²) in [6, 6.07) is 4.00. The standard InChI is InChI=1S/C16H26N2O2/c1-4-13-7-8-15(11(13)2)18-12(3)16(19)17-10-14-6-5-9-20-14/h5-6,9,11-13,15,18H,4,7-8,10H2,1-3H3,(H,17,19). The minimum Gasteiger partial charge on any atom is -0.467 e. The van der Waals surface area contributed by atoms with Gasteiger partial charge in [-0.2, -0.15) is 0 Å². The number of furan rings is 1. The molecule has 2 rings (SSSR count). The number of hydrogen-bond donors (Lipinski definition) is 2. The van der Waals surface area contributed by atoms with E-state index in [2.05, 4.69) is 24.5 Å². The largest absolute Gasteiger partial charge is 0.467 e. The summed E-state index contributed by atoms with van der Waals surface area (Å²) < 4.78 is 5.21. The monoisotopic (exact) mass is 278 g/mol. The summed E-state index contributed by atoms with van der Waals surface area (Å²) in [7, 11) is 0. The number of carbonyl (C=O) groups excluding carboxylic acids is 1. The Kier molecular flexibility index (Phi) is 5.24. The molecule has 0 saturated heterocycles. The fourth-order valence-electron chi connectivity index (χ4n) is 3.20. The SMILES string of the molecule is CCC1CCC(NC(C)C(=O)NCc2ccco2)C1C. The van der Waals surface area contributed by atoms with Gasteiger partial charge in [-0.1, -0.05) is 20.3 Å². The van der Waals surface area contributed by atoms with Gasteiger partial charge in [-0.05, 0) is 43.7 Å². The lowest BCUT2D eigenvalue weighted by molar-refractivity contribution is -0.123. The molecule has 0 bridgehead atoms. The van der Waals surface area contributed by atoms with E-state index < -0.39 is 0 Å². The van der Waals surface area contributed by atoms with Crippen LogP contribution in [0.5, 0.6) is 0 Å². The maximum absolute atomic E-state index is 12.1. The summed E-state index contributed by atoms with van der Waals surface area (Å²) in [5.41, 5.74) is 0. The number of carbonyl (C=O) groups is 1. The van der Waals surface area contributed by atoms with E-state index in [4.69, 9.17) is 4.42 Å². The molecule has 112 valence electrons. The van der Waals surface area contributed by atoms with Crippen molar-refractivity contribution < 1.29 is 9.21 Å². The lowest BCUT2D eigenvalue weighted by Gasteiger charge is -2.24. The molecule has 1 heterocycles. The molecule has 1 aliphatic carbocycles. The first kappa shape index (κ1) is 15.1. The summed E-state index contributed by atoms with van der Waals surface area (Å²) in [6.45, 7) is 6.94. The Balaban J connectivity index is 1.76. The zero-order valence-electron chi connectivity index (χ0n) is 12.7. The minimum atomic E-state index is -0.159. The molecule has 0 radical (unpaired) electrons. The quantitative estimate of drug-likeness (QED) is 0.841. The Bertz CT molecular complexity index is 416. The number of rotatable bonds is 6. The molecule has 2 N–H and O–H groups in total. The van der Waals surface area contributed by atoms with Crippen LogP contribution in [0.25, 0.3) is 0 Å². The molecular formula is C16H26N2O2. The van der Waals surface area contributed by atoms with Gasteiger partial charge in [0.15, 0.2) is 0 Å². The molecule has 1 saturated carbocycles. The molecular weight excluding hydrogens is 252 g/mol. The van der Waals surface area contributed by atoms with Crippen LogP contribution >= 0.6 is 0 Å². The number of nitrogens with one attached hydrogen (secondary N) is 2. The van der Waals surface area contributed by atoms with E-state index in [-0.39, 0.29) is 11.9 Å². The molecule has 4 nitrogen and oxygen atoms in total. The summed E-state index contributed by atoms with van der Waals surface area (Å²) in [6.07, 6.45) is 5.30. The molecule has 4 unspecified atom stereocenters. The van der Waals surface area contributed by atoms with Crippen LogP contribution in [0.3, 0.4) is 0 Å².